The fourth-order valence-corrected chi connectivity index (χ4v) is 3.39. The van der Waals surface area contributed by atoms with E-state index < -0.39 is 0 Å². The van der Waals surface area contributed by atoms with Crippen LogP contribution in [-0.2, 0) is 12.8 Å². The van der Waals surface area contributed by atoms with Gasteiger partial charge in [-0.2, -0.15) is 0 Å². The van der Waals surface area contributed by atoms with Crippen molar-refractivity contribution in [3.63, 3.8) is 0 Å². The summed E-state index contributed by atoms with van der Waals surface area (Å²) in [6, 6.07) is 9.57. The van der Waals surface area contributed by atoms with Crippen molar-refractivity contribution < 1.29 is 0 Å². The number of aryl methyl sites for hydroxylation is 1. The van der Waals surface area contributed by atoms with Crippen molar-refractivity contribution in [1.82, 2.24) is 10.2 Å². The number of likely N-dealkylation sites (N-methyl/N-ethyl adjacent to an activating group) is 2. The molecule has 0 spiro atoms. The third kappa shape index (κ3) is 3.62. The third-order valence-electron chi connectivity index (χ3n) is 4.98. The van der Waals surface area contributed by atoms with Crippen molar-refractivity contribution in [3.8, 4) is 0 Å². The summed E-state index contributed by atoms with van der Waals surface area (Å²) in [7, 11) is 6.50. The molecule has 1 atom stereocenters. The molecule has 1 aromatic carbocycles. The second-order valence-electron chi connectivity index (χ2n) is 5.92. The Morgan fingerprint density at radius 3 is 1.85 bits per heavy atom. The van der Waals surface area contributed by atoms with Crippen molar-refractivity contribution in [3.05, 3.63) is 35.4 Å². The fraction of sp³-hybridized carbons (Fsp3) is 0.667. The Hall–Kier alpha value is -0.860. The average molecular weight is 276 g/mol. The van der Waals surface area contributed by atoms with Gasteiger partial charge in [0.2, 0.25) is 0 Å². The molecule has 0 amide bonds. The van der Waals surface area contributed by atoms with Crippen LogP contribution in [0.4, 0.5) is 0 Å². The number of nitrogens with one attached hydrogen (secondary N) is 1. The van der Waals surface area contributed by atoms with Gasteiger partial charge in [0.25, 0.3) is 0 Å². The van der Waals surface area contributed by atoms with E-state index in [0.29, 0.717) is 6.04 Å². The maximum Gasteiger partial charge on any atom is 0.0354 e. The molecule has 0 heterocycles. The molecule has 1 aromatic rings. The number of hydrogen-bond acceptors (Lipinski definition) is 2. The highest BCUT2D eigenvalue weighted by atomic mass is 15.2. The summed E-state index contributed by atoms with van der Waals surface area (Å²) in [5.74, 6) is 0. The molecule has 20 heavy (non-hydrogen) atoms. The van der Waals surface area contributed by atoms with E-state index in [9.17, 15) is 0 Å². The van der Waals surface area contributed by atoms with Crippen LogP contribution in [0.25, 0.3) is 0 Å². The van der Waals surface area contributed by atoms with Crippen LogP contribution in [-0.4, -0.2) is 37.6 Å². The Morgan fingerprint density at radius 2 is 1.50 bits per heavy atom. The minimum absolute atomic E-state index is 0.220. The average Bonchev–Trinajstić information content (AvgIpc) is 2.48. The van der Waals surface area contributed by atoms with Crippen molar-refractivity contribution >= 4 is 0 Å². The molecule has 0 aliphatic carbocycles. The molecule has 0 bridgehead atoms. The zero-order chi connectivity index (χ0) is 15.2. The predicted molar refractivity (Wildman–Crippen MR) is 89.4 cm³/mol. The van der Waals surface area contributed by atoms with Gasteiger partial charge in [-0.3, -0.25) is 0 Å². The highest BCUT2D eigenvalue weighted by Gasteiger charge is 2.36. The third-order valence-corrected chi connectivity index (χ3v) is 4.98. The van der Waals surface area contributed by atoms with Gasteiger partial charge in [-0.1, -0.05) is 45.0 Å². The van der Waals surface area contributed by atoms with E-state index in [2.05, 4.69) is 76.4 Å². The molecule has 0 saturated heterocycles. The Morgan fingerprint density at radius 1 is 1.00 bits per heavy atom. The van der Waals surface area contributed by atoms with Crippen LogP contribution in [0.15, 0.2) is 24.3 Å². The SMILES string of the molecule is CCc1ccc(CC(NC)C(CC)(CC)N(C)C)cc1. The zero-order valence-corrected chi connectivity index (χ0v) is 14.2. The molecule has 2 heteroatoms. The summed E-state index contributed by atoms with van der Waals surface area (Å²) >= 11 is 0. The minimum atomic E-state index is 0.220. The maximum atomic E-state index is 3.56. The summed E-state index contributed by atoms with van der Waals surface area (Å²) < 4.78 is 0. The molecule has 0 fully saturated rings. The highest BCUT2D eigenvalue weighted by Crippen LogP contribution is 2.28. The largest absolute Gasteiger partial charge is 0.315 e. The topological polar surface area (TPSA) is 15.3 Å². The summed E-state index contributed by atoms with van der Waals surface area (Å²) in [6.07, 6.45) is 4.52. The van der Waals surface area contributed by atoms with Crippen molar-refractivity contribution in [1.29, 1.82) is 0 Å². The second-order valence-corrected chi connectivity index (χ2v) is 5.92. The molecule has 0 radical (unpaired) electrons. The van der Waals surface area contributed by atoms with Gasteiger partial charge in [0.05, 0.1) is 0 Å². The van der Waals surface area contributed by atoms with Crippen LogP contribution in [0.5, 0.6) is 0 Å². The quantitative estimate of drug-likeness (QED) is 0.782. The standard InChI is InChI=1S/C18H32N2/c1-7-15-10-12-16(13-11-15)14-17(19-4)18(8-2,9-3)20(5)6/h10-13,17,19H,7-9,14H2,1-6H3. The molecule has 0 aliphatic rings. The van der Waals surface area contributed by atoms with E-state index in [1.54, 1.807) is 0 Å². The van der Waals surface area contributed by atoms with Gasteiger partial charge in [-0.15, -0.1) is 0 Å². The normalized spacial score (nSPS) is 13.8. The highest BCUT2D eigenvalue weighted by molar-refractivity contribution is 5.24. The summed E-state index contributed by atoms with van der Waals surface area (Å²) in [5.41, 5.74) is 3.06. The lowest BCUT2D eigenvalue weighted by Gasteiger charge is -2.45. The lowest BCUT2D eigenvalue weighted by molar-refractivity contribution is 0.0917. The van der Waals surface area contributed by atoms with E-state index >= 15 is 0 Å². The van der Waals surface area contributed by atoms with Gasteiger partial charge < -0.3 is 10.2 Å². The smallest absolute Gasteiger partial charge is 0.0354 e. The molecule has 1 N–H and O–H groups in total. The number of nitrogens with zero attached hydrogens (tertiary/aromatic N) is 1. The van der Waals surface area contributed by atoms with Crippen LogP contribution < -0.4 is 5.32 Å². The van der Waals surface area contributed by atoms with E-state index in [-0.39, 0.29) is 5.54 Å². The molecule has 114 valence electrons. The van der Waals surface area contributed by atoms with E-state index in [1.165, 1.54) is 11.1 Å². The Labute approximate surface area is 125 Å². The molecule has 1 rings (SSSR count). The molecular weight excluding hydrogens is 244 g/mol. The molecule has 0 saturated carbocycles. The minimum Gasteiger partial charge on any atom is -0.315 e. The first-order valence-corrected chi connectivity index (χ1v) is 7.96. The maximum absolute atomic E-state index is 3.56. The Balaban J connectivity index is 2.93. The number of rotatable bonds is 8. The van der Waals surface area contributed by atoms with Gasteiger partial charge in [-0.25, -0.2) is 0 Å². The van der Waals surface area contributed by atoms with Crippen LogP contribution in [0.1, 0.15) is 44.7 Å². The summed E-state index contributed by atoms with van der Waals surface area (Å²) in [4.78, 5) is 2.40. The first-order valence-electron chi connectivity index (χ1n) is 7.96. The van der Waals surface area contributed by atoms with Crippen LogP contribution in [0, 0.1) is 0 Å². The first kappa shape index (κ1) is 17.2. The zero-order valence-electron chi connectivity index (χ0n) is 14.2. The monoisotopic (exact) mass is 276 g/mol. The van der Waals surface area contributed by atoms with Crippen LogP contribution >= 0.6 is 0 Å². The lowest BCUT2D eigenvalue weighted by Crippen LogP contribution is -2.58. The summed E-state index contributed by atoms with van der Waals surface area (Å²) in [6.45, 7) is 6.80. The van der Waals surface area contributed by atoms with E-state index in [1.807, 2.05) is 0 Å². The number of benzene rings is 1. The Kier molecular flexibility index (Phi) is 6.70. The summed E-state index contributed by atoms with van der Waals surface area (Å²) in [5, 5.41) is 3.56. The van der Waals surface area contributed by atoms with Gasteiger partial charge >= 0.3 is 0 Å². The van der Waals surface area contributed by atoms with E-state index in [0.717, 1.165) is 25.7 Å². The van der Waals surface area contributed by atoms with Crippen LogP contribution in [0.2, 0.25) is 0 Å². The second kappa shape index (κ2) is 7.80. The van der Waals surface area contributed by atoms with Gasteiger partial charge in [0.15, 0.2) is 0 Å². The Bertz CT molecular complexity index is 377. The predicted octanol–water partition coefficient (Wildman–Crippen LogP) is 3.50. The van der Waals surface area contributed by atoms with Crippen molar-refractivity contribution in [2.24, 2.45) is 0 Å². The van der Waals surface area contributed by atoms with Crippen LogP contribution in [0.3, 0.4) is 0 Å². The fourth-order valence-electron chi connectivity index (χ4n) is 3.39. The van der Waals surface area contributed by atoms with Gasteiger partial charge in [0.1, 0.15) is 0 Å². The van der Waals surface area contributed by atoms with E-state index in [4.69, 9.17) is 0 Å². The lowest BCUT2D eigenvalue weighted by atomic mass is 9.80. The molecule has 2 nitrogen and oxygen atoms in total. The molecule has 0 aliphatic heterocycles. The number of hydrogen-bond donors (Lipinski definition) is 1. The first-order chi connectivity index (χ1) is 9.53. The van der Waals surface area contributed by atoms with Crippen molar-refractivity contribution in [2.45, 2.75) is 58.0 Å². The molecular formula is C18H32N2. The van der Waals surface area contributed by atoms with Gasteiger partial charge in [0, 0.05) is 11.6 Å². The van der Waals surface area contributed by atoms with Gasteiger partial charge in [-0.05, 0) is 58.0 Å². The molecule has 0 aromatic heterocycles. The molecule has 1 unspecified atom stereocenters. The van der Waals surface area contributed by atoms with Crippen molar-refractivity contribution in [2.75, 3.05) is 21.1 Å².